The number of benzene rings is 2. The number of hydrogen-bond donors (Lipinski definition) is 1. The van der Waals surface area contributed by atoms with Crippen LogP contribution in [0.25, 0.3) is 21.5 Å². The molecule has 0 bridgehead atoms. The summed E-state index contributed by atoms with van der Waals surface area (Å²) >= 11 is 0. The van der Waals surface area contributed by atoms with Crippen molar-refractivity contribution < 1.29 is 39.1 Å². The number of hydrogen-bond acceptors (Lipinski definition) is 5. The molecule has 191 valence electrons. The van der Waals surface area contributed by atoms with Crippen LogP contribution in [0.2, 0.25) is 0 Å². The molecule has 2 aromatic heterocycles. The summed E-state index contributed by atoms with van der Waals surface area (Å²) in [5, 5.41) is 12.5. The number of nitrogens with zero attached hydrogens (tertiary/aromatic N) is 2. The largest absolute Gasteiger partial charge is 0.512 e. The Bertz CT molecular complexity index is 1370. The summed E-state index contributed by atoms with van der Waals surface area (Å²) in [5.41, 5.74) is -0.764. The smallest absolute Gasteiger partial charge is 0.223 e. The molecule has 2 heterocycles. The normalized spacial score (nSPS) is 11.9. The Kier molecular flexibility index (Phi) is 9.47. The van der Waals surface area contributed by atoms with Gasteiger partial charge in [-0.25, -0.2) is 9.37 Å². The second-order valence-electron chi connectivity index (χ2n) is 10.2. The summed E-state index contributed by atoms with van der Waals surface area (Å²) < 4.78 is 20.1. The minimum Gasteiger partial charge on any atom is -0.512 e. The number of pyridine rings is 2. The first-order chi connectivity index (χ1) is 16.4. The SMILES string of the molecule is CC(C)(C)C(=O)/C=C(\O)C(C)(C)C.Fc1cc2c(Oc3[c-]cncc3)nccc2c2ccccc12.[Ir]. The van der Waals surface area contributed by atoms with Crippen LogP contribution < -0.4 is 4.74 Å². The minimum atomic E-state index is -0.417. The molecular formula is C29H30FIrN2O3-. The van der Waals surface area contributed by atoms with E-state index in [4.69, 9.17) is 4.74 Å². The van der Waals surface area contributed by atoms with Crippen molar-refractivity contribution in [2.24, 2.45) is 10.8 Å². The van der Waals surface area contributed by atoms with Crippen molar-refractivity contribution in [3.8, 4) is 11.6 Å². The van der Waals surface area contributed by atoms with Gasteiger partial charge in [0.15, 0.2) is 5.78 Å². The fraction of sp³-hybridized carbons (Fsp3) is 0.276. The van der Waals surface area contributed by atoms with Gasteiger partial charge in [-0.2, -0.15) is 12.1 Å². The van der Waals surface area contributed by atoms with Crippen LogP contribution in [0.5, 0.6) is 11.6 Å². The van der Waals surface area contributed by atoms with E-state index in [2.05, 4.69) is 16.0 Å². The number of fused-ring (bicyclic) bond motifs is 3. The van der Waals surface area contributed by atoms with Gasteiger partial charge < -0.3 is 14.8 Å². The number of aliphatic hydroxyl groups is 1. The van der Waals surface area contributed by atoms with Crippen LogP contribution in [-0.2, 0) is 24.9 Å². The summed E-state index contributed by atoms with van der Waals surface area (Å²) in [5.74, 6) is 0.653. The van der Waals surface area contributed by atoms with E-state index in [0.29, 0.717) is 22.4 Å². The maximum atomic E-state index is 14.3. The molecule has 0 aliphatic rings. The molecule has 7 heteroatoms. The first-order valence-corrected chi connectivity index (χ1v) is 11.3. The third kappa shape index (κ3) is 7.19. The number of aliphatic hydroxyl groups excluding tert-OH is 1. The Morgan fingerprint density at radius 2 is 1.58 bits per heavy atom. The number of ether oxygens (including phenoxy) is 1. The molecule has 0 saturated heterocycles. The molecule has 0 unspecified atom stereocenters. The Hall–Kier alpha value is -3.15. The maximum absolute atomic E-state index is 14.3. The second kappa shape index (κ2) is 11.7. The van der Waals surface area contributed by atoms with Crippen LogP contribution in [-0.4, -0.2) is 20.9 Å². The molecule has 36 heavy (non-hydrogen) atoms. The van der Waals surface area contributed by atoms with Crippen molar-refractivity contribution in [2.75, 3.05) is 0 Å². The fourth-order valence-electron chi connectivity index (χ4n) is 3.07. The molecule has 2 aromatic carbocycles. The van der Waals surface area contributed by atoms with Gasteiger partial charge in [-0.15, -0.1) is 0 Å². The average Bonchev–Trinajstić information content (AvgIpc) is 2.80. The van der Waals surface area contributed by atoms with E-state index in [1.54, 1.807) is 24.5 Å². The molecule has 0 aliphatic heterocycles. The fourth-order valence-corrected chi connectivity index (χ4v) is 3.07. The quantitative estimate of drug-likeness (QED) is 0.106. The number of ketones is 1. The number of carbonyl (C=O) groups is 1. The molecule has 0 amide bonds. The number of aromatic nitrogens is 2. The average molecular weight is 666 g/mol. The predicted molar refractivity (Wildman–Crippen MR) is 137 cm³/mol. The van der Waals surface area contributed by atoms with Gasteiger partial charge in [-0.3, -0.25) is 4.79 Å². The van der Waals surface area contributed by atoms with Crippen molar-refractivity contribution in [1.29, 1.82) is 0 Å². The minimum absolute atomic E-state index is 0. The van der Waals surface area contributed by atoms with Gasteiger partial charge in [0, 0.05) is 54.0 Å². The summed E-state index contributed by atoms with van der Waals surface area (Å²) in [7, 11) is 0. The van der Waals surface area contributed by atoms with Crippen LogP contribution >= 0.6 is 0 Å². The molecule has 0 fully saturated rings. The zero-order chi connectivity index (χ0) is 25.8. The standard InChI is InChI=1S/C18H10FN2O.C11H20O2.Ir/c19-17-11-16-14(13-3-1-2-4-15(13)17)7-10-21-18(16)22-12-5-8-20-9-6-12;1-10(2,3)8(12)7-9(13)11(4,5)6;/h1-5,7-11H;7,12H,1-6H3;/q-1;;/b;8-7-;. The predicted octanol–water partition coefficient (Wildman–Crippen LogP) is 7.60. The van der Waals surface area contributed by atoms with E-state index in [9.17, 15) is 14.3 Å². The van der Waals surface area contributed by atoms with E-state index in [-0.39, 0.29) is 42.9 Å². The van der Waals surface area contributed by atoms with Gasteiger partial charge in [0.1, 0.15) is 11.6 Å². The van der Waals surface area contributed by atoms with Gasteiger partial charge in [0.25, 0.3) is 0 Å². The monoisotopic (exact) mass is 666 g/mol. The molecule has 4 rings (SSSR count). The van der Waals surface area contributed by atoms with E-state index in [1.807, 2.05) is 65.8 Å². The van der Waals surface area contributed by atoms with Crippen molar-refractivity contribution >= 4 is 27.3 Å². The maximum Gasteiger partial charge on any atom is 0.223 e. The van der Waals surface area contributed by atoms with Crippen LogP contribution in [0.4, 0.5) is 4.39 Å². The van der Waals surface area contributed by atoms with E-state index >= 15 is 0 Å². The molecule has 0 atom stereocenters. The van der Waals surface area contributed by atoms with Gasteiger partial charge in [-0.05, 0) is 28.7 Å². The molecule has 0 saturated carbocycles. The summed E-state index contributed by atoms with van der Waals surface area (Å²) in [6.07, 6.45) is 6.10. The van der Waals surface area contributed by atoms with Crippen LogP contribution in [0, 0.1) is 22.7 Å². The van der Waals surface area contributed by atoms with Gasteiger partial charge in [0.2, 0.25) is 5.88 Å². The summed E-state index contributed by atoms with van der Waals surface area (Å²) in [6, 6.07) is 15.2. The van der Waals surface area contributed by atoms with Gasteiger partial charge >= 0.3 is 0 Å². The van der Waals surface area contributed by atoms with Gasteiger partial charge in [-0.1, -0.05) is 78.2 Å². The van der Waals surface area contributed by atoms with Crippen molar-refractivity contribution in [1.82, 2.24) is 9.97 Å². The third-order valence-electron chi connectivity index (χ3n) is 5.27. The van der Waals surface area contributed by atoms with Crippen molar-refractivity contribution in [2.45, 2.75) is 41.5 Å². The molecule has 0 spiro atoms. The number of rotatable bonds is 3. The molecule has 1 N–H and O–H groups in total. The second-order valence-corrected chi connectivity index (χ2v) is 10.2. The number of halogens is 1. The Morgan fingerprint density at radius 3 is 2.17 bits per heavy atom. The summed E-state index contributed by atoms with van der Waals surface area (Å²) in [4.78, 5) is 19.6. The molecule has 4 aromatic rings. The summed E-state index contributed by atoms with van der Waals surface area (Å²) in [6.45, 7) is 11.1. The van der Waals surface area contributed by atoms with E-state index in [0.717, 1.165) is 10.8 Å². The van der Waals surface area contributed by atoms with Crippen LogP contribution in [0.15, 0.2) is 72.9 Å². The first-order valence-electron chi connectivity index (χ1n) is 11.3. The third-order valence-corrected chi connectivity index (χ3v) is 5.27. The molecular weight excluding hydrogens is 636 g/mol. The Balaban J connectivity index is 0.000000285. The van der Waals surface area contributed by atoms with Gasteiger partial charge in [0.05, 0.1) is 0 Å². The van der Waals surface area contributed by atoms with E-state index in [1.165, 1.54) is 18.3 Å². The van der Waals surface area contributed by atoms with Crippen LogP contribution in [0.3, 0.4) is 0 Å². The molecule has 0 aliphatic carbocycles. The Morgan fingerprint density at radius 1 is 0.944 bits per heavy atom. The van der Waals surface area contributed by atoms with E-state index < -0.39 is 5.41 Å². The Labute approximate surface area is 224 Å². The first kappa shape index (κ1) is 29.1. The van der Waals surface area contributed by atoms with Crippen molar-refractivity contribution in [3.63, 3.8) is 0 Å². The molecule has 1 radical (unpaired) electrons. The zero-order valence-corrected chi connectivity index (χ0v) is 23.6. The van der Waals surface area contributed by atoms with Crippen LogP contribution in [0.1, 0.15) is 41.5 Å². The number of carbonyl (C=O) groups excluding carboxylic acids is 1. The van der Waals surface area contributed by atoms with Crippen molar-refractivity contribution in [3.05, 3.63) is 84.8 Å². The number of allylic oxidation sites excluding steroid dienone is 2. The topological polar surface area (TPSA) is 72.3 Å². The zero-order valence-electron chi connectivity index (χ0n) is 21.2. The molecule has 5 nitrogen and oxygen atoms in total.